The van der Waals surface area contributed by atoms with Crippen LogP contribution >= 0.6 is 0 Å². The molecule has 1 fully saturated rings. The summed E-state index contributed by atoms with van der Waals surface area (Å²) in [6.07, 6.45) is 7.41. The molecule has 1 rings (SSSR count). The van der Waals surface area contributed by atoms with Crippen LogP contribution in [-0.2, 0) is 9.84 Å². The first kappa shape index (κ1) is 16.3. The minimum Gasteiger partial charge on any atom is -0.355 e. The molecule has 0 spiro atoms. The maximum atomic E-state index is 11.6. The van der Waals surface area contributed by atoms with Gasteiger partial charge in [0.2, 0.25) is 0 Å². The van der Waals surface area contributed by atoms with E-state index in [9.17, 15) is 8.42 Å². The Morgan fingerprint density at radius 3 is 2.32 bits per heavy atom. The second-order valence-corrected chi connectivity index (χ2v) is 8.59. The van der Waals surface area contributed by atoms with Gasteiger partial charge in [-0.15, -0.1) is 0 Å². The molecule has 2 N–H and O–H groups in total. The molecule has 1 aliphatic rings. The summed E-state index contributed by atoms with van der Waals surface area (Å²) in [5.74, 6) is 0.698. The van der Waals surface area contributed by atoms with Gasteiger partial charge in [-0.3, -0.25) is 4.99 Å². The van der Waals surface area contributed by atoms with Crippen molar-refractivity contribution in [1.82, 2.24) is 10.6 Å². The Bertz CT molecular complexity index is 410. The Morgan fingerprint density at radius 2 is 1.84 bits per heavy atom. The van der Waals surface area contributed by atoms with Crippen LogP contribution in [0.5, 0.6) is 0 Å². The standard InChI is InChI=1S/C13H27N3O2S/c1-13(2,19(4,17)18)10-15-12(14-3)16-11-8-6-5-7-9-11/h11H,5-10H2,1-4H3,(H2,14,15,16). The second-order valence-electron chi connectivity index (χ2n) is 5.94. The highest BCUT2D eigenvalue weighted by Gasteiger charge is 2.30. The van der Waals surface area contributed by atoms with Crippen molar-refractivity contribution in [3.05, 3.63) is 0 Å². The molecule has 0 aromatic rings. The van der Waals surface area contributed by atoms with Gasteiger partial charge in [0.25, 0.3) is 0 Å². The molecule has 1 saturated carbocycles. The third-order valence-corrected chi connectivity index (χ3v) is 6.01. The van der Waals surface area contributed by atoms with Crippen LogP contribution in [0.4, 0.5) is 0 Å². The number of sulfone groups is 1. The molecule has 0 amide bonds. The van der Waals surface area contributed by atoms with Gasteiger partial charge in [0.05, 0.1) is 4.75 Å². The molecule has 6 heteroatoms. The zero-order valence-corrected chi connectivity index (χ0v) is 13.3. The van der Waals surface area contributed by atoms with E-state index >= 15 is 0 Å². The van der Waals surface area contributed by atoms with E-state index in [0.717, 1.165) is 12.8 Å². The van der Waals surface area contributed by atoms with Crippen LogP contribution in [0.25, 0.3) is 0 Å². The van der Waals surface area contributed by atoms with E-state index in [1.165, 1.54) is 25.5 Å². The molecule has 0 saturated heterocycles. The number of hydrogen-bond acceptors (Lipinski definition) is 3. The maximum Gasteiger partial charge on any atom is 0.191 e. The summed E-state index contributed by atoms with van der Waals surface area (Å²) >= 11 is 0. The smallest absolute Gasteiger partial charge is 0.191 e. The van der Waals surface area contributed by atoms with E-state index in [4.69, 9.17) is 0 Å². The Morgan fingerprint density at radius 1 is 1.26 bits per heavy atom. The molecule has 112 valence electrons. The average molecular weight is 289 g/mol. The summed E-state index contributed by atoms with van der Waals surface area (Å²) < 4.78 is 22.5. The van der Waals surface area contributed by atoms with Crippen LogP contribution in [-0.4, -0.2) is 45.0 Å². The molecule has 0 radical (unpaired) electrons. The minimum absolute atomic E-state index is 0.359. The molecule has 0 aliphatic heterocycles. The van der Waals surface area contributed by atoms with Gasteiger partial charge in [-0.05, 0) is 26.7 Å². The molecular formula is C13H27N3O2S. The van der Waals surface area contributed by atoms with E-state index in [1.807, 2.05) is 0 Å². The zero-order valence-electron chi connectivity index (χ0n) is 12.5. The number of rotatable bonds is 4. The Kier molecular flexibility index (Phi) is 5.64. The van der Waals surface area contributed by atoms with Gasteiger partial charge >= 0.3 is 0 Å². The molecule has 0 aromatic heterocycles. The lowest BCUT2D eigenvalue weighted by atomic mass is 9.96. The molecule has 19 heavy (non-hydrogen) atoms. The largest absolute Gasteiger partial charge is 0.355 e. The van der Waals surface area contributed by atoms with Crippen LogP contribution in [0, 0.1) is 0 Å². The number of aliphatic imine (C=N–C) groups is 1. The van der Waals surface area contributed by atoms with Crippen LogP contribution < -0.4 is 10.6 Å². The predicted molar refractivity (Wildman–Crippen MR) is 80.3 cm³/mol. The summed E-state index contributed by atoms with van der Waals surface area (Å²) in [6.45, 7) is 3.81. The van der Waals surface area contributed by atoms with Crippen LogP contribution in [0.15, 0.2) is 4.99 Å². The van der Waals surface area contributed by atoms with Crippen molar-refractivity contribution in [2.75, 3.05) is 19.8 Å². The lowest BCUT2D eigenvalue weighted by Gasteiger charge is -2.27. The normalized spacial score (nSPS) is 19.3. The van der Waals surface area contributed by atoms with Gasteiger partial charge in [-0.1, -0.05) is 19.3 Å². The molecule has 0 atom stereocenters. The first-order chi connectivity index (χ1) is 8.76. The zero-order chi connectivity index (χ0) is 14.5. The fraction of sp³-hybridized carbons (Fsp3) is 0.923. The van der Waals surface area contributed by atoms with Crippen molar-refractivity contribution in [2.24, 2.45) is 4.99 Å². The average Bonchev–Trinajstić information content (AvgIpc) is 2.34. The summed E-state index contributed by atoms with van der Waals surface area (Å²) in [6, 6.07) is 0.460. The Hall–Kier alpha value is -0.780. The van der Waals surface area contributed by atoms with Gasteiger partial charge in [-0.25, -0.2) is 8.42 Å². The van der Waals surface area contributed by atoms with Crippen molar-refractivity contribution in [3.8, 4) is 0 Å². The number of hydrogen-bond donors (Lipinski definition) is 2. The third kappa shape index (κ3) is 5.01. The van der Waals surface area contributed by atoms with Gasteiger partial charge in [0.1, 0.15) is 0 Å². The van der Waals surface area contributed by atoms with Crippen molar-refractivity contribution in [3.63, 3.8) is 0 Å². The fourth-order valence-electron chi connectivity index (χ4n) is 2.06. The van der Waals surface area contributed by atoms with Crippen LogP contribution in [0.2, 0.25) is 0 Å². The lowest BCUT2D eigenvalue weighted by molar-refractivity contribution is 0.409. The van der Waals surface area contributed by atoms with Gasteiger partial charge in [-0.2, -0.15) is 0 Å². The van der Waals surface area contributed by atoms with Crippen molar-refractivity contribution in [2.45, 2.75) is 56.7 Å². The minimum atomic E-state index is -3.08. The summed E-state index contributed by atoms with van der Waals surface area (Å²) in [5, 5.41) is 6.50. The van der Waals surface area contributed by atoms with E-state index in [2.05, 4.69) is 15.6 Å². The molecule has 0 bridgehead atoms. The summed E-state index contributed by atoms with van der Waals surface area (Å²) in [7, 11) is -1.37. The quantitative estimate of drug-likeness (QED) is 0.605. The van der Waals surface area contributed by atoms with Gasteiger partial charge < -0.3 is 10.6 Å². The first-order valence-electron chi connectivity index (χ1n) is 6.93. The fourth-order valence-corrected chi connectivity index (χ4v) is 2.40. The van der Waals surface area contributed by atoms with Gasteiger partial charge in [0, 0.05) is 25.9 Å². The number of nitrogens with one attached hydrogen (secondary N) is 2. The highest BCUT2D eigenvalue weighted by Crippen LogP contribution is 2.17. The van der Waals surface area contributed by atoms with Gasteiger partial charge in [0.15, 0.2) is 15.8 Å². The molecular weight excluding hydrogens is 262 g/mol. The SMILES string of the molecule is CN=C(NCC(C)(C)S(C)(=O)=O)NC1CCCCC1. The number of nitrogens with zero attached hydrogens (tertiary/aromatic N) is 1. The van der Waals surface area contributed by atoms with Crippen LogP contribution in [0.3, 0.4) is 0 Å². The highest BCUT2D eigenvalue weighted by molar-refractivity contribution is 7.92. The Balaban J connectivity index is 2.49. The maximum absolute atomic E-state index is 11.6. The molecule has 5 nitrogen and oxygen atoms in total. The van der Waals surface area contributed by atoms with Crippen LogP contribution in [0.1, 0.15) is 46.0 Å². The summed E-state index contributed by atoms with van der Waals surface area (Å²) in [5.41, 5.74) is 0. The van der Waals surface area contributed by atoms with E-state index in [-0.39, 0.29) is 0 Å². The molecule has 0 heterocycles. The topological polar surface area (TPSA) is 70.6 Å². The number of guanidine groups is 1. The molecule has 0 unspecified atom stereocenters. The second kappa shape index (κ2) is 6.59. The lowest BCUT2D eigenvalue weighted by Crippen LogP contribution is -2.50. The van der Waals surface area contributed by atoms with Crippen molar-refractivity contribution in [1.29, 1.82) is 0 Å². The van der Waals surface area contributed by atoms with E-state index in [1.54, 1.807) is 20.9 Å². The van der Waals surface area contributed by atoms with E-state index in [0.29, 0.717) is 18.5 Å². The Labute approximate surface area is 117 Å². The first-order valence-corrected chi connectivity index (χ1v) is 8.82. The molecule has 0 aromatic carbocycles. The van der Waals surface area contributed by atoms with E-state index < -0.39 is 14.6 Å². The summed E-state index contributed by atoms with van der Waals surface area (Å²) in [4.78, 5) is 4.17. The monoisotopic (exact) mass is 289 g/mol. The predicted octanol–water partition coefficient (Wildman–Crippen LogP) is 1.31. The molecule has 1 aliphatic carbocycles. The van der Waals surface area contributed by atoms with Crippen molar-refractivity contribution >= 4 is 15.8 Å². The van der Waals surface area contributed by atoms with Crippen molar-refractivity contribution < 1.29 is 8.42 Å². The highest BCUT2D eigenvalue weighted by atomic mass is 32.2. The third-order valence-electron chi connectivity index (χ3n) is 3.85.